The number of anilines is 1. The van der Waals surface area contributed by atoms with Gasteiger partial charge in [-0.3, -0.25) is 14.6 Å². The summed E-state index contributed by atoms with van der Waals surface area (Å²) in [4.78, 5) is 32.1. The number of benzene rings is 1. The molecule has 0 unspecified atom stereocenters. The maximum Gasteiger partial charge on any atom is 0.230 e. The predicted octanol–water partition coefficient (Wildman–Crippen LogP) is 3.59. The Kier molecular flexibility index (Phi) is 4.77. The van der Waals surface area contributed by atoms with Crippen LogP contribution in [0.25, 0.3) is 10.6 Å². The van der Waals surface area contributed by atoms with Crippen LogP contribution in [-0.2, 0) is 11.2 Å². The number of ketones is 1. The summed E-state index contributed by atoms with van der Waals surface area (Å²) in [7, 11) is 0. The molecule has 0 fully saturated rings. The Balaban J connectivity index is 1.66. The van der Waals surface area contributed by atoms with Crippen LogP contribution in [0.4, 0.5) is 5.69 Å². The molecule has 6 heteroatoms. The summed E-state index contributed by atoms with van der Waals surface area (Å²) in [5.74, 6) is -0.203. The lowest BCUT2D eigenvalue weighted by Gasteiger charge is -2.05. The molecule has 1 amide bonds. The number of carbonyl (C=O) groups is 2. The highest BCUT2D eigenvalue weighted by molar-refractivity contribution is 7.13. The smallest absolute Gasteiger partial charge is 0.230 e. The fraction of sp³-hybridized carbons (Fsp3) is 0.111. The molecule has 0 saturated heterocycles. The molecule has 0 aliphatic rings. The van der Waals surface area contributed by atoms with E-state index in [1.807, 2.05) is 17.5 Å². The molecule has 0 aliphatic heterocycles. The van der Waals surface area contributed by atoms with Crippen LogP contribution in [0.3, 0.4) is 0 Å². The van der Waals surface area contributed by atoms with Gasteiger partial charge in [-0.25, -0.2) is 4.98 Å². The third kappa shape index (κ3) is 3.91. The topological polar surface area (TPSA) is 72.0 Å². The molecule has 2 heterocycles. The summed E-state index contributed by atoms with van der Waals surface area (Å²) in [5, 5.41) is 5.50. The summed E-state index contributed by atoms with van der Waals surface area (Å²) in [6.45, 7) is 1.50. The molecule has 24 heavy (non-hydrogen) atoms. The van der Waals surface area contributed by atoms with Crippen LogP contribution in [-0.4, -0.2) is 21.7 Å². The van der Waals surface area contributed by atoms with Crippen molar-refractivity contribution in [2.24, 2.45) is 0 Å². The number of thiazole rings is 1. The third-order valence-corrected chi connectivity index (χ3v) is 4.29. The quantitative estimate of drug-likeness (QED) is 0.722. The molecule has 1 N–H and O–H groups in total. The summed E-state index contributed by atoms with van der Waals surface area (Å²) < 4.78 is 0. The molecule has 0 spiro atoms. The van der Waals surface area contributed by atoms with Crippen molar-refractivity contribution in [3.63, 3.8) is 0 Å². The van der Waals surface area contributed by atoms with Gasteiger partial charge >= 0.3 is 0 Å². The van der Waals surface area contributed by atoms with Crippen molar-refractivity contribution < 1.29 is 9.59 Å². The zero-order chi connectivity index (χ0) is 16.9. The van der Waals surface area contributed by atoms with Crippen molar-refractivity contribution in [2.45, 2.75) is 13.3 Å². The Morgan fingerprint density at radius 2 is 2.08 bits per heavy atom. The van der Waals surface area contributed by atoms with Gasteiger partial charge in [-0.15, -0.1) is 11.3 Å². The van der Waals surface area contributed by atoms with E-state index in [-0.39, 0.29) is 18.1 Å². The lowest BCUT2D eigenvalue weighted by molar-refractivity contribution is -0.115. The summed E-state index contributed by atoms with van der Waals surface area (Å²) in [5.41, 5.74) is 2.82. The van der Waals surface area contributed by atoms with Crippen molar-refractivity contribution >= 4 is 28.7 Å². The zero-order valence-corrected chi connectivity index (χ0v) is 13.8. The first-order valence-corrected chi connectivity index (χ1v) is 8.25. The second-order valence-electron chi connectivity index (χ2n) is 5.25. The Morgan fingerprint density at radius 1 is 1.21 bits per heavy atom. The average Bonchev–Trinajstić information content (AvgIpc) is 3.04. The molecule has 1 aromatic carbocycles. The predicted molar refractivity (Wildman–Crippen MR) is 94.1 cm³/mol. The van der Waals surface area contributed by atoms with Crippen LogP contribution >= 0.6 is 11.3 Å². The highest BCUT2D eigenvalue weighted by Crippen LogP contribution is 2.23. The number of Topliss-reactive ketones (excluding diaryl/α,β-unsaturated/α-hetero) is 1. The number of nitrogens with one attached hydrogen (secondary N) is 1. The molecule has 5 nitrogen and oxygen atoms in total. The van der Waals surface area contributed by atoms with E-state index < -0.39 is 0 Å². The normalized spacial score (nSPS) is 10.4. The van der Waals surface area contributed by atoms with Gasteiger partial charge in [0.25, 0.3) is 0 Å². The number of aromatic nitrogens is 2. The van der Waals surface area contributed by atoms with Gasteiger partial charge in [-0.2, -0.15) is 0 Å². The Bertz CT molecular complexity index is 875. The van der Waals surface area contributed by atoms with E-state index in [0.29, 0.717) is 16.9 Å². The van der Waals surface area contributed by atoms with Crippen LogP contribution in [0.15, 0.2) is 54.2 Å². The van der Waals surface area contributed by atoms with Gasteiger partial charge in [0.05, 0.1) is 12.1 Å². The summed E-state index contributed by atoms with van der Waals surface area (Å²) in [6.07, 6.45) is 3.64. The number of rotatable bonds is 5. The number of nitrogens with zero attached hydrogens (tertiary/aromatic N) is 2. The largest absolute Gasteiger partial charge is 0.326 e. The Morgan fingerprint density at radius 3 is 2.83 bits per heavy atom. The highest BCUT2D eigenvalue weighted by Gasteiger charge is 2.10. The lowest BCUT2D eigenvalue weighted by Crippen LogP contribution is -2.14. The molecule has 3 rings (SSSR count). The minimum atomic E-state index is -0.168. The molecule has 2 aromatic heterocycles. The monoisotopic (exact) mass is 337 g/mol. The van der Waals surface area contributed by atoms with Crippen LogP contribution < -0.4 is 5.32 Å². The average molecular weight is 337 g/mol. The van der Waals surface area contributed by atoms with Gasteiger partial charge < -0.3 is 5.32 Å². The molecule has 0 radical (unpaired) electrons. The van der Waals surface area contributed by atoms with Gasteiger partial charge in [0, 0.05) is 34.6 Å². The van der Waals surface area contributed by atoms with Crippen molar-refractivity contribution in [2.75, 3.05) is 5.32 Å². The van der Waals surface area contributed by atoms with E-state index in [9.17, 15) is 9.59 Å². The number of pyridine rings is 1. The van der Waals surface area contributed by atoms with E-state index in [0.717, 1.165) is 10.6 Å². The fourth-order valence-corrected chi connectivity index (χ4v) is 3.01. The third-order valence-electron chi connectivity index (χ3n) is 3.35. The second-order valence-corrected chi connectivity index (χ2v) is 6.11. The first kappa shape index (κ1) is 16.0. The zero-order valence-electron chi connectivity index (χ0n) is 13.0. The highest BCUT2D eigenvalue weighted by atomic mass is 32.1. The Hall–Kier alpha value is -2.86. The molecule has 3 aromatic rings. The van der Waals surface area contributed by atoms with Gasteiger partial charge in [0.1, 0.15) is 5.01 Å². The van der Waals surface area contributed by atoms with Crippen molar-refractivity contribution in [3.05, 3.63) is 65.4 Å². The lowest BCUT2D eigenvalue weighted by atomic mass is 10.1. The summed E-state index contributed by atoms with van der Waals surface area (Å²) in [6, 6.07) is 10.7. The van der Waals surface area contributed by atoms with Gasteiger partial charge in [-0.1, -0.05) is 12.1 Å². The fourth-order valence-electron chi connectivity index (χ4n) is 2.20. The molecule has 0 saturated carbocycles. The van der Waals surface area contributed by atoms with Crippen LogP contribution in [0.5, 0.6) is 0 Å². The van der Waals surface area contributed by atoms with Gasteiger partial charge in [0.15, 0.2) is 5.78 Å². The molecule has 0 bridgehead atoms. The van der Waals surface area contributed by atoms with Gasteiger partial charge in [-0.05, 0) is 31.2 Å². The van der Waals surface area contributed by atoms with Crippen LogP contribution in [0.1, 0.15) is 23.0 Å². The van der Waals surface area contributed by atoms with E-state index in [2.05, 4.69) is 15.3 Å². The maximum atomic E-state index is 12.2. The van der Waals surface area contributed by atoms with E-state index >= 15 is 0 Å². The molecule has 0 atom stereocenters. The molecule has 120 valence electrons. The Labute approximate surface area is 143 Å². The van der Waals surface area contributed by atoms with E-state index in [1.54, 1.807) is 36.7 Å². The van der Waals surface area contributed by atoms with Gasteiger partial charge in [0.2, 0.25) is 5.91 Å². The first-order chi connectivity index (χ1) is 11.6. The number of hydrogen-bond donors (Lipinski definition) is 1. The second kappa shape index (κ2) is 7.14. The van der Waals surface area contributed by atoms with E-state index in [4.69, 9.17) is 0 Å². The first-order valence-electron chi connectivity index (χ1n) is 7.37. The van der Waals surface area contributed by atoms with Crippen LogP contribution in [0.2, 0.25) is 0 Å². The standard InChI is InChI=1S/C18H15N3O2S/c1-12(22)13-4-2-6-15(8-13)20-17(23)9-16-11-24-18(21-16)14-5-3-7-19-10-14/h2-8,10-11H,9H2,1H3,(H,20,23). The van der Waals surface area contributed by atoms with Crippen molar-refractivity contribution in [1.29, 1.82) is 0 Å². The van der Waals surface area contributed by atoms with Crippen LogP contribution in [0, 0.1) is 0 Å². The van der Waals surface area contributed by atoms with E-state index in [1.165, 1.54) is 18.3 Å². The number of amides is 1. The SMILES string of the molecule is CC(=O)c1cccc(NC(=O)Cc2csc(-c3cccnc3)n2)c1. The molecular formula is C18H15N3O2S. The summed E-state index contributed by atoms with van der Waals surface area (Å²) >= 11 is 1.48. The minimum absolute atomic E-state index is 0.0355. The number of hydrogen-bond acceptors (Lipinski definition) is 5. The molecular weight excluding hydrogens is 322 g/mol. The number of carbonyl (C=O) groups excluding carboxylic acids is 2. The minimum Gasteiger partial charge on any atom is -0.326 e. The maximum absolute atomic E-state index is 12.2. The molecule has 0 aliphatic carbocycles. The van der Waals surface area contributed by atoms with Crippen molar-refractivity contribution in [1.82, 2.24) is 9.97 Å². The van der Waals surface area contributed by atoms with Crippen molar-refractivity contribution in [3.8, 4) is 10.6 Å².